The van der Waals surface area contributed by atoms with E-state index in [1.165, 1.54) is 4.88 Å². The lowest BCUT2D eigenvalue weighted by atomic mass is 10.4. The van der Waals surface area contributed by atoms with Crippen LogP contribution >= 0.6 is 11.3 Å². The summed E-state index contributed by atoms with van der Waals surface area (Å²) in [5.74, 6) is 0.703. The molecule has 0 aliphatic carbocycles. The van der Waals surface area contributed by atoms with Gasteiger partial charge < -0.3 is 5.32 Å². The van der Waals surface area contributed by atoms with Crippen molar-refractivity contribution in [2.75, 3.05) is 6.54 Å². The highest BCUT2D eigenvalue weighted by molar-refractivity contribution is 7.14. The summed E-state index contributed by atoms with van der Waals surface area (Å²) in [6, 6.07) is 1.81. The molecule has 0 aliphatic rings. The topological polar surface area (TPSA) is 50.7 Å². The summed E-state index contributed by atoms with van der Waals surface area (Å²) in [5.41, 5.74) is 0. The monoisotopic (exact) mass is 234 g/mol. The average Bonchev–Trinajstić information content (AvgIpc) is 2.79. The van der Waals surface area contributed by atoms with Crippen LogP contribution < -0.4 is 5.32 Å². The molecule has 2 heterocycles. The van der Waals surface area contributed by atoms with E-state index in [0.29, 0.717) is 5.82 Å². The number of rotatable bonds is 5. The quantitative estimate of drug-likeness (QED) is 0.805. The number of nitrogens with one attached hydrogen (secondary N) is 1. The molecule has 0 unspecified atom stereocenters. The summed E-state index contributed by atoms with van der Waals surface area (Å²) >= 11 is 1.64. The van der Waals surface area contributed by atoms with Crippen LogP contribution in [0.5, 0.6) is 0 Å². The standard InChI is InChI=1S/C11H14N4S/c1-2-4-12-7-9-8-15-11(16-9)10-13-5-3-6-14-10/h3,5-6,8,12H,2,4,7H2,1H3. The number of hydrogen-bond acceptors (Lipinski definition) is 5. The molecule has 0 fully saturated rings. The molecule has 2 aromatic rings. The molecule has 2 aromatic heterocycles. The molecule has 1 N–H and O–H groups in total. The highest BCUT2D eigenvalue weighted by Gasteiger charge is 2.05. The van der Waals surface area contributed by atoms with E-state index in [4.69, 9.17) is 0 Å². The second-order valence-electron chi connectivity index (χ2n) is 3.38. The first-order valence-corrected chi connectivity index (χ1v) is 6.14. The minimum atomic E-state index is 0.703. The average molecular weight is 234 g/mol. The van der Waals surface area contributed by atoms with Crippen molar-refractivity contribution in [3.8, 4) is 10.8 Å². The third-order valence-corrected chi connectivity index (χ3v) is 3.03. The van der Waals surface area contributed by atoms with Gasteiger partial charge in [-0.2, -0.15) is 0 Å². The predicted octanol–water partition coefficient (Wildman–Crippen LogP) is 2.10. The van der Waals surface area contributed by atoms with Crippen LogP contribution in [0.25, 0.3) is 10.8 Å². The van der Waals surface area contributed by atoms with E-state index in [9.17, 15) is 0 Å². The molecule has 0 saturated carbocycles. The van der Waals surface area contributed by atoms with Gasteiger partial charge in [-0.3, -0.25) is 0 Å². The largest absolute Gasteiger partial charge is 0.312 e. The second-order valence-corrected chi connectivity index (χ2v) is 4.50. The van der Waals surface area contributed by atoms with E-state index in [1.54, 1.807) is 29.8 Å². The van der Waals surface area contributed by atoms with Crippen LogP contribution in [0.4, 0.5) is 0 Å². The summed E-state index contributed by atoms with van der Waals surface area (Å²) in [5, 5.41) is 4.23. The zero-order chi connectivity index (χ0) is 11.2. The summed E-state index contributed by atoms with van der Waals surface area (Å²) in [7, 11) is 0. The van der Waals surface area contributed by atoms with E-state index in [-0.39, 0.29) is 0 Å². The van der Waals surface area contributed by atoms with Crippen LogP contribution in [0.15, 0.2) is 24.7 Å². The molecule has 2 rings (SSSR count). The molecule has 0 saturated heterocycles. The molecule has 0 atom stereocenters. The normalized spacial score (nSPS) is 10.6. The Labute approximate surface area is 98.8 Å². The van der Waals surface area contributed by atoms with Crippen molar-refractivity contribution in [1.82, 2.24) is 20.3 Å². The maximum Gasteiger partial charge on any atom is 0.188 e. The van der Waals surface area contributed by atoms with Gasteiger partial charge in [0.25, 0.3) is 0 Å². The molecule has 16 heavy (non-hydrogen) atoms. The molecular weight excluding hydrogens is 220 g/mol. The first-order chi connectivity index (χ1) is 7.90. The summed E-state index contributed by atoms with van der Waals surface area (Å²) in [6.07, 6.45) is 6.50. The predicted molar refractivity (Wildman–Crippen MR) is 65.1 cm³/mol. The Morgan fingerprint density at radius 1 is 1.25 bits per heavy atom. The minimum absolute atomic E-state index is 0.703. The summed E-state index contributed by atoms with van der Waals surface area (Å²) < 4.78 is 0. The molecule has 0 spiro atoms. The van der Waals surface area contributed by atoms with Crippen molar-refractivity contribution in [1.29, 1.82) is 0 Å². The van der Waals surface area contributed by atoms with E-state index in [2.05, 4.69) is 27.2 Å². The molecule has 4 nitrogen and oxygen atoms in total. The minimum Gasteiger partial charge on any atom is -0.312 e. The lowest BCUT2D eigenvalue weighted by molar-refractivity contribution is 0.681. The Balaban J connectivity index is 2.02. The van der Waals surface area contributed by atoms with Crippen LogP contribution in [-0.2, 0) is 6.54 Å². The molecule has 0 aliphatic heterocycles. The van der Waals surface area contributed by atoms with E-state index in [0.717, 1.165) is 24.5 Å². The van der Waals surface area contributed by atoms with Crippen molar-refractivity contribution in [2.24, 2.45) is 0 Å². The van der Waals surface area contributed by atoms with Gasteiger partial charge in [0.15, 0.2) is 10.8 Å². The van der Waals surface area contributed by atoms with Gasteiger partial charge in [0.05, 0.1) is 0 Å². The van der Waals surface area contributed by atoms with Crippen molar-refractivity contribution < 1.29 is 0 Å². The highest BCUT2D eigenvalue weighted by atomic mass is 32.1. The Hall–Kier alpha value is -1.33. The molecule has 0 aromatic carbocycles. The first-order valence-electron chi connectivity index (χ1n) is 5.33. The van der Waals surface area contributed by atoms with Crippen LogP contribution in [0.2, 0.25) is 0 Å². The van der Waals surface area contributed by atoms with Gasteiger partial charge in [-0.05, 0) is 19.0 Å². The number of aromatic nitrogens is 3. The lowest BCUT2D eigenvalue weighted by Gasteiger charge is -1.97. The third kappa shape index (κ3) is 2.84. The Bertz CT molecular complexity index is 427. The summed E-state index contributed by atoms with van der Waals surface area (Å²) in [6.45, 7) is 4.07. The van der Waals surface area contributed by atoms with E-state index >= 15 is 0 Å². The number of nitrogens with zero attached hydrogens (tertiary/aromatic N) is 3. The number of thiazole rings is 1. The highest BCUT2D eigenvalue weighted by Crippen LogP contribution is 2.21. The van der Waals surface area contributed by atoms with Gasteiger partial charge in [0, 0.05) is 30.0 Å². The SMILES string of the molecule is CCCNCc1cnc(-c2ncccn2)s1. The molecule has 0 amide bonds. The summed E-state index contributed by atoms with van der Waals surface area (Å²) in [4.78, 5) is 13.9. The van der Waals surface area contributed by atoms with Crippen LogP contribution in [0.3, 0.4) is 0 Å². The molecule has 5 heteroatoms. The van der Waals surface area contributed by atoms with Crippen molar-refractivity contribution in [3.05, 3.63) is 29.5 Å². The van der Waals surface area contributed by atoms with Crippen molar-refractivity contribution in [2.45, 2.75) is 19.9 Å². The Kier molecular flexibility index (Phi) is 3.96. The fraction of sp³-hybridized carbons (Fsp3) is 0.364. The first kappa shape index (κ1) is 11.2. The van der Waals surface area contributed by atoms with E-state index < -0.39 is 0 Å². The fourth-order valence-electron chi connectivity index (χ4n) is 1.29. The van der Waals surface area contributed by atoms with Crippen LogP contribution in [0, 0.1) is 0 Å². The van der Waals surface area contributed by atoms with Crippen molar-refractivity contribution >= 4 is 11.3 Å². The smallest absolute Gasteiger partial charge is 0.188 e. The maximum atomic E-state index is 4.32. The maximum absolute atomic E-state index is 4.32. The molecule has 84 valence electrons. The number of hydrogen-bond donors (Lipinski definition) is 1. The fourth-order valence-corrected chi connectivity index (χ4v) is 2.12. The Morgan fingerprint density at radius 2 is 2.06 bits per heavy atom. The van der Waals surface area contributed by atoms with Gasteiger partial charge in [-0.25, -0.2) is 15.0 Å². The molecule has 0 bridgehead atoms. The zero-order valence-electron chi connectivity index (χ0n) is 9.18. The Morgan fingerprint density at radius 3 is 2.81 bits per heavy atom. The third-order valence-electron chi connectivity index (χ3n) is 2.04. The zero-order valence-corrected chi connectivity index (χ0v) is 10.00. The van der Waals surface area contributed by atoms with E-state index in [1.807, 2.05) is 6.20 Å². The van der Waals surface area contributed by atoms with Gasteiger partial charge in [-0.1, -0.05) is 6.92 Å². The van der Waals surface area contributed by atoms with Gasteiger partial charge in [-0.15, -0.1) is 11.3 Å². The molecular formula is C11H14N4S. The van der Waals surface area contributed by atoms with Gasteiger partial charge in [0.2, 0.25) is 0 Å². The van der Waals surface area contributed by atoms with Crippen LogP contribution in [0.1, 0.15) is 18.2 Å². The molecule has 0 radical (unpaired) electrons. The van der Waals surface area contributed by atoms with Gasteiger partial charge >= 0.3 is 0 Å². The second kappa shape index (κ2) is 5.67. The lowest BCUT2D eigenvalue weighted by Crippen LogP contribution is -2.12. The van der Waals surface area contributed by atoms with Gasteiger partial charge in [0.1, 0.15) is 0 Å². The van der Waals surface area contributed by atoms with Crippen molar-refractivity contribution in [3.63, 3.8) is 0 Å². The van der Waals surface area contributed by atoms with Crippen LogP contribution in [-0.4, -0.2) is 21.5 Å².